The van der Waals surface area contributed by atoms with Crippen LogP contribution in [0, 0.1) is 0 Å². The molecule has 2 aliphatic rings. The average Bonchev–Trinajstić information content (AvgIpc) is 3.34. The maximum Gasteiger partial charge on any atom is 0.183 e. The Morgan fingerprint density at radius 1 is 1.07 bits per heavy atom. The van der Waals surface area contributed by atoms with E-state index >= 15 is 0 Å². The number of pyridine rings is 1. The molecular formula is C20H17BrN4OS. The largest absolute Gasteiger partial charge is 0.378 e. The molecule has 3 aromatic rings. The molecule has 1 fully saturated rings. The van der Waals surface area contributed by atoms with Gasteiger partial charge < -0.3 is 9.64 Å². The fraction of sp³-hybridized carbons (Fsp3) is 0.250. The Balaban J connectivity index is 1.50. The van der Waals surface area contributed by atoms with E-state index in [2.05, 4.69) is 73.5 Å². The molecule has 5 rings (SSSR count). The number of benzene rings is 1. The Bertz CT molecular complexity index is 1030. The van der Waals surface area contributed by atoms with Crippen LogP contribution in [-0.4, -0.2) is 41.5 Å². The number of hydrogen-bond donors (Lipinski definition) is 0. The quantitative estimate of drug-likeness (QED) is 0.610. The van der Waals surface area contributed by atoms with E-state index in [1.807, 2.05) is 0 Å². The molecule has 0 saturated carbocycles. The molecular weight excluding hydrogens is 424 g/mol. The molecule has 136 valence electrons. The number of fused-ring (bicyclic) bond motifs is 1. The van der Waals surface area contributed by atoms with Crippen molar-refractivity contribution in [3.8, 4) is 10.6 Å². The first-order chi connectivity index (χ1) is 13.3. The van der Waals surface area contributed by atoms with Crippen LogP contribution in [0.2, 0.25) is 0 Å². The molecule has 0 unspecified atom stereocenters. The van der Waals surface area contributed by atoms with Gasteiger partial charge in [-0.2, -0.15) is 0 Å². The summed E-state index contributed by atoms with van der Waals surface area (Å²) < 4.78 is 6.26. The van der Waals surface area contributed by atoms with Crippen molar-refractivity contribution in [2.75, 3.05) is 31.2 Å². The van der Waals surface area contributed by atoms with Crippen molar-refractivity contribution in [2.45, 2.75) is 6.42 Å². The minimum atomic E-state index is 0.762. The Hall–Kier alpha value is -2.09. The maximum absolute atomic E-state index is 5.46. The van der Waals surface area contributed by atoms with Crippen LogP contribution in [0.5, 0.6) is 0 Å². The molecule has 0 amide bonds. The normalized spacial score (nSPS) is 16.3. The third-order valence-corrected chi connectivity index (χ3v) is 6.32. The summed E-state index contributed by atoms with van der Waals surface area (Å²) in [5.74, 6) is 1.02. The second kappa shape index (κ2) is 7.14. The van der Waals surface area contributed by atoms with E-state index in [-0.39, 0.29) is 0 Å². The van der Waals surface area contributed by atoms with Gasteiger partial charge in [-0.3, -0.25) is 0 Å². The topological polar surface area (TPSA) is 51.1 Å². The summed E-state index contributed by atoms with van der Waals surface area (Å²) in [4.78, 5) is 7.24. The van der Waals surface area contributed by atoms with E-state index in [0.717, 1.165) is 58.7 Å². The Kier molecular flexibility index (Phi) is 4.51. The third-order valence-electron chi connectivity index (χ3n) is 4.92. The average molecular weight is 441 g/mol. The van der Waals surface area contributed by atoms with Crippen LogP contribution < -0.4 is 4.90 Å². The first-order valence-corrected chi connectivity index (χ1v) is 10.5. The molecule has 1 aliphatic heterocycles. The van der Waals surface area contributed by atoms with Crippen LogP contribution in [0.25, 0.3) is 16.1 Å². The smallest absolute Gasteiger partial charge is 0.183 e. The van der Waals surface area contributed by atoms with E-state index in [1.54, 1.807) is 11.3 Å². The first-order valence-electron chi connectivity index (χ1n) is 8.91. The van der Waals surface area contributed by atoms with Crippen LogP contribution in [-0.2, 0) is 11.2 Å². The minimum Gasteiger partial charge on any atom is -0.378 e. The molecule has 27 heavy (non-hydrogen) atoms. The lowest BCUT2D eigenvalue weighted by Crippen LogP contribution is -2.36. The molecule has 2 aromatic heterocycles. The zero-order valence-corrected chi connectivity index (χ0v) is 17.0. The number of nitrogens with zero attached hydrogens (tertiary/aromatic N) is 4. The summed E-state index contributed by atoms with van der Waals surface area (Å²) in [5, 5.41) is 9.24. The van der Waals surface area contributed by atoms with Gasteiger partial charge in [0.1, 0.15) is 10.8 Å². The monoisotopic (exact) mass is 440 g/mol. The van der Waals surface area contributed by atoms with Crippen LogP contribution in [0.4, 0.5) is 5.82 Å². The first kappa shape index (κ1) is 17.0. The fourth-order valence-electron chi connectivity index (χ4n) is 3.57. The van der Waals surface area contributed by atoms with Gasteiger partial charge in [-0.1, -0.05) is 35.6 Å². The number of rotatable bonds is 3. The highest BCUT2D eigenvalue weighted by Gasteiger charge is 2.20. The number of hydrogen-bond acceptors (Lipinski definition) is 6. The van der Waals surface area contributed by atoms with Gasteiger partial charge in [0.05, 0.1) is 18.9 Å². The third kappa shape index (κ3) is 3.31. The van der Waals surface area contributed by atoms with Crippen molar-refractivity contribution < 1.29 is 4.74 Å². The van der Waals surface area contributed by atoms with Crippen molar-refractivity contribution in [2.24, 2.45) is 0 Å². The molecule has 0 spiro atoms. The van der Waals surface area contributed by atoms with Crippen molar-refractivity contribution >= 4 is 38.7 Å². The standard InChI is InChI=1S/C20H17BrN4OS/c21-20-24-23-19(27-20)14-5-4-13-6-7-15(16(13)12-14)17-2-1-3-18(22-17)25-8-10-26-11-9-25/h1-5,7,12H,6,8-11H2. The molecule has 1 aromatic carbocycles. The van der Waals surface area contributed by atoms with Gasteiger partial charge in [0.15, 0.2) is 3.92 Å². The van der Waals surface area contributed by atoms with E-state index in [4.69, 9.17) is 9.72 Å². The lowest BCUT2D eigenvalue weighted by molar-refractivity contribution is 0.122. The number of aromatic nitrogens is 3. The van der Waals surface area contributed by atoms with Crippen molar-refractivity contribution in [3.63, 3.8) is 0 Å². The molecule has 7 heteroatoms. The highest BCUT2D eigenvalue weighted by Crippen LogP contribution is 2.36. The fourth-order valence-corrected chi connectivity index (χ4v) is 4.67. The number of allylic oxidation sites excluding steroid dienone is 1. The summed E-state index contributed by atoms with van der Waals surface area (Å²) in [5.41, 5.74) is 5.88. The summed E-state index contributed by atoms with van der Waals surface area (Å²) in [7, 11) is 0. The van der Waals surface area contributed by atoms with Crippen LogP contribution in [0.1, 0.15) is 16.8 Å². The maximum atomic E-state index is 5.46. The lowest BCUT2D eigenvalue weighted by atomic mass is 10.0. The van der Waals surface area contributed by atoms with Crippen molar-refractivity contribution in [1.82, 2.24) is 15.2 Å². The number of halogens is 1. The molecule has 0 radical (unpaired) electrons. The second-order valence-corrected chi connectivity index (χ2v) is 8.79. The number of ether oxygens (including phenoxy) is 1. The van der Waals surface area contributed by atoms with Gasteiger partial charge in [0.2, 0.25) is 0 Å². The highest BCUT2D eigenvalue weighted by molar-refractivity contribution is 9.11. The van der Waals surface area contributed by atoms with Crippen LogP contribution >= 0.6 is 27.3 Å². The van der Waals surface area contributed by atoms with E-state index in [0.29, 0.717) is 0 Å². The van der Waals surface area contributed by atoms with Crippen molar-refractivity contribution in [1.29, 1.82) is 0 Å². The number of anilines is 1. The van der Waals surface area contributed by atoms with Gasteiger partial charge in [-0.25, -0.2) is 4.98 Å². The molecule has 1 saturated heterocycles. The van der Waals surface area contributed by atoms with Crippen LogP contribution in [0.15, 0.2) is 46.4 Å². The Morgan fingerprint density at radius 3 is 2.78 bits per heavy atom. The highest BCUT2D eigenvalue weighted by atomic mass is 79.9. The van der Waals surface area contributed by atoms with E-state index < -0.39 is 0 Å². The molecule has 0 N–H and O–H groups in total. The molecule has 5 nitrogen and oxygen atoms in total. The van der Waals surface area contributed by atoms with Crippen LogP contribution in [0.3, 0.4) is 0 Å². The minimum absolute atomic E-state index is 0.762. The predicted molar refractivity (Wildman–Crippen MR) is 111 cm³/mol. The second-order valence-electron chi connectivity index (χ2n) is 6.53. The molecule has 3 heterocycles. The molecule has 0 bridgehead atoms. The lowest BCUT2D eigenvalue weighted by Gasteiger charge is -2.28. The van der Waals surface area contributed by atoms with Gasteiger partial charge in [0.25, 0.3) is 0 Å². The zero-order chi connectivity index (χ0) is 18.2. The van der Waals surface area contributed by atoms with Gasteiger partial charge in [-0.05, 0) is 51.7 Å². The summed E-state index contributed by atoms with van der Waals surface area (Å²) in [6.07, 6.45) is 3.21. The zero-order valence-electron chi connectivity index (χ0n) is 14.6. The molecule has 0 atom stereocenters. The van der Waals surface area contributed by atoms with Gasteiger partial charge in [0, 0.05) is 24.2 Å². The Morgan fingerprint density at radius 2 is 1.96 bits per heavy atom. The van der Waals surface area contributed by atoms with Crippen molar-refractivity contribution in [3.05, 3.63) is 63.2 Å². The summed E-state index contributed by atoms with van der Waals surface area (Å²) >= 11 is 4.94. The van der Waals surface area contributed by atoms with Gasteiger partial charge >= 0.3 is 0 Å². The number of morpholine rings is 1. The predicted octanol–water partition coefficient (Wildman–Crippen LogP) is 4.19. The van der Waals surface area contributed by atoms with E-state index in [9.17, 15) is 0 Å². The molecule has 1 aliphatic carbocycles. The SMILES string of the molecule is Brc1nnc(-c2ccc3c(c2)C(c2cccc(N4CCOCC4)n2)=CC3)s1. The van der Waals surface area contributed by atoms with E-state index in [1.165, 1.54) is 16.7 Å². The summed E-state index contributed by atoms with van der Waals surface area (Å²) in [6, 6.07) is 12.8. The summed E-state index contributed by atoms with van der Waals surface area (Å²) in [6.45, 7) is 3.31. The Labute approximate surface area is 169 Å². The van der Waals surface area contributed by atoms with Gasteiger partial charge in [-0.15, -0.1) is 10.2 Å².